The van der Waals surface area contributed by atoms with E-state index in [2.05, 4.69) is 25.8 Å². The van der Waals surface area contributed by atoms with Crippen LogP contribution in [-0.2, 0) is 6.42 Å². The van der Waals surface area contributed by atoms with E-state index in [9.17, 15) is 9.59 Å². The molecule has 26 heavy (non-hydrogen) atoms. The second-order valence-corrected chi connectivity index (χ2v) is 9.12. The number of nitrogens with zero attached hydrogens (tertiary/aromatic N) is 3. The Morgan fingerprint density at radius 1 is 1.12 bits per heavy atom. The largest absolute Gasteiger partial charge is 0.336 e. The van der Waals surface area contributed by atoms with Crippen LogP contribution in [0.1, 0.15) is 76.7 Å². The number of hydrogen-bond donors (Lipinski definition) is 0. The zero-order chi connectivity index (χ0) is 18.6. The molecular weight excluding hydrogens is 326 g/mol. The van der Waals surface area contributed by atoms with Crippen molar-refractivity contribution < 1.29 is 9.59 Å². The Hall–Kier alpha value is -1.75. The number of aromatic nitrogens is 1. The molecule has 140 valence electrons. The van der Waals surface area contributed by atoms with Crippen molar-refractivity contribution in [3.8, 4) is 0 Å². The molecule has 1 aliphatic heterocycles. The third-order valence-corrected chi connectivity index (χ3v) is 6.05. The summed E-state index contributed by atoms with van der Waals surface area (Å²) in [5.41, 5.74) is 4.21. The van der Waals surface area contributed by atoms with E-state index in [0.29, 0.717) is 12.3 Å². The molecule has 0 unspecified atom stereocenters. The van der Waals surface area contributed by atoms with Crippen molar-refractivity contribution in [2.45, 2.75) is 52.4 Å². The highest BCUT2D eigenvalue weighted by molar-refractivity contribution is 6.05. The van der Waals surface area contributed by atoms with E-state index >= 15 is 0 Å². The van der Waals surface area contributed by atoms with Gasteiger partial charge in [-0.3, -0.25) is 14.6 Å². The highest BCUT2D eigenvalue weighted by Crippen LogP contribution is 2.47. The average molecular weight is 355 g/mol. The molecule has 1 aromatic heterocycles. The van der Waals surface area contributed by atoms with Crippen LogP contribution in [0.3, 0.4) is 0 Å². The number of carbonyl (C=O) groups is 2. The van der Waals surface area contributed by atoms with E-state index in [1.54, 1.807) is 0 Å². The van der Waals surface area contributed by atoms with Gasteiger partial charge in [0.2, 0.25) is 0 Å². The van der Waals surface area contributed by atoms with Gasteiger partial charge in [-0.05, 0) is 50.1 Å². The molecule has 1 saturated heterocycles. The Balaban J connectivity index is 1.79. The molecule has 5 heteroatoms. The second kappa shape index (κ2) is 6.15. The minimum Gasteiger partial charge on any atom is -0.336 e. The Morgan fingerprint density at radius 3 is 2.38 bits per heavy atom. The maximum absolute atomic E-state index is 13.4. The molecular formula is C21H29N3O2. The van der Waals surface area contributed by atoms with Gasteiger partial charge in [-0.2, -0.15) is 0 Å². The summed E-state index contributed by atoms with van der Waals surface area (Å²) >= 11 is 0. The molecule has 2 fully saturated rings. The fraction of sp³-hybridized carbons (Fsp3) is 0.667. The van der Waals surface area contributed by atoms with Crippen molar-refractivity contribution in [3.63, 3.8) is 0 Å². The Labute approximate surface area is 155 Å². The number of pyridine rings is 1. The molecule has 0 radical (unpaired) electrons. The first kappa shape index (κ1) is 17.7. The summed E-state index contributed by atoms with van der Waals surface area (Å²) in [5, 5.41) is 0. The van der Waals surface area contributed by atoms with Crippen LogP contribution in [0.25, 0.3) is 0 Å². The van der Waals surface area contributed by atoms with Crippen LogP contribution in [-0.4, -0.2) is 59.7 Å². The van der Waals surface area contributed by atoms with E-state index in [4.69, 9.17) is 4.98 Å². The lowest BCUT2D eigenvalue weighted by atomic mass is 9.73. The molecule has 0 N–H and O–H groups in total. The predicted octanol–water partition coefficient (Wildman–Crippen LogP) is 2.81. The molecule has 1 aromatic rings. The normalized spacial score (nSPS) is 23.1. The van der Waals surface area contributed by atoms with Gasteiger partial charge in [-0.1, -0.05) is 13.8 Å². The molecule has 2 heterocycles. The zero-order valence-corrected chi connectivity index (χ0v) is 16.4. The van der Waals surface area contributed by atoms with Gasteiger partial charge in [-0.25, -0.2) is 0 Å². The Bertz CT molecular complexity index is 772. The van der Waals surface area contributed by atoms with Crippen LogP contribution in [0.5, 0.6) is 0 Å². The van der Waals surface area contributed by atoms with Crippen molar-refractivity contribution in [3.05, 3.63) is 28.1 Å². The van der Waals surface area contributed by atoms with E-state index in [-0.39, 0.29) is 17.1 Å². The fourth-order valence-electron chi connectivity index (χ4n) is 4.49. The molecule has 0 aromatic carbocycles. The SMILES string of the molecule is Cc1nc2c(c(C3CC3)c1C(=O)N1CCN(C)CC1)C(=O)CC(C)(C)C2. The number of fused-ring (bicyclic) bond motifs is 1. The number of rotatable bonds is 2. The van der Waals surface area contributed by atoms with Gasteiger partial charge in [0.25, 0.3) is 5.91 Å². The van der Waals surface area contributed by atoms with Crippen LogP contribution in [0, 0.1) is 12.3 Å². The predicted molar refractivity (Wildman–Crippen MR) is 101 cm³/mol. The molecule has 1 saturated carbocycles. The zero-order valence-electron chi connectivity index (χ0n) is 16.4. The lowest BCUT2D eigenvalue weighted by Gasteiger charge is -2.35. The quantitative estimate of drug-likeness (QED) is 0.819. The minimum absolute atomic E-state index is 0.0483. The van der Waals surface area contributed by atoms with E-state index in [0.717, 1.165) is 73.5 Å². The first-order valence-corrected chi connectivity index (χ1v) is 9.81. The molecule has 0 bridgehead atoms. The van der Waals surface area contributed by atoms with Gasteiger partial charge in [0.05, 0.1) is 17.0 Å². The van der Waals surface area contributed by atoms with Crippen LogP contribution in [0.2, 0.25) is 0 Å². The summed E-state index contributed by atoms with van der Waals surface area (Å²) in [6, 6.07) is 0. The molecule has 3 aliphatic rings. The summed E-state index contributed by atoms with van der Waals surface area (Å²) < 4.78 is 0. The highest BCUT2D eigenvalue weighted by atomic mass is 16.2. The molecule has 1 amide bonds. The van der Waals surface area contributed by atoms with Crippen molar-refractivity contribution in [1.29, 1.82) is 0 Å². The summed E-state index contributed by atoms with van der Waals surface area (Å²) in [6.07, 6.45) is 3.52. The standard InChI is InChI=1S/C21H29N3O2/c1-13-17(20(26)24-9-7-23(4)8-10-24)18(14-5-6-14)19-15(22-13)11-21(2,3)12-16(19)25/h14H,5-12H2,1-4H3. The van der Waals surface area contributed by atoms with Gasteiger partial charge in [0, 0.05) is 38.2 Å². The number of likely N-dealkylation sites (N-methyl/N-ethyl adjacent to an activating group) is 1. The van der Waals surface area contributed by atoms with Gasteiger partial charge >= 0.3 is 0 Å². The van der Waals surface area contributed by atoms with E-state index in [1.165, 1.54) is 0 Å². The Kier molecular flexibility index (Phi) is 4.18. The number of Topliss-reactive ketones (excluding diaryl/α,β-unsaturated/α-hetero) is 1. The molecule has 5 nitrogen and oxygen atoms in total. The summed E-state index contributed by atoms with van der Waals surface area (Å²) in [4.78, 5) is 35.3. The first-order valence-electron chi connectivity index (χ1n) is 9.81. The van der Waals surface area contributed by atoms with Gasteiger partial charge < -0.3 is 9.80 Å². The Morgan fingerprint density at radius 2 is 1.77 bits per heavy atom. The van der Waals surface area contributed by atoms with Crippen LogP contribution in [0.15, 0.2) is 0 Å². The highest BCUT2D eigenvalue weighted by Gasteiger charge is 2.41. The van der Waals surface area contributed by atoms with Crippen LogP contribution in [0.4, 0.5) is 0 Å². The molecule has 2 aliphatic carbocycles. The van der Waals surface area contributed by atoms with Crippen LogP contribution < -0.4 is 0 Å². The van der Waals surface area contributed by atoms with E-state index < -0.39 is 0 Å². The number of piperazine rings is 1. The van der Waals surface area contributed by atoms with Crippen molar-refractivity contribution in [1.82, 2.24) is 14.8 Å². The maximum Gasteiger partial charge on any atom is 0.256 e. The minimum atomic E-state index is -0.0483. The van der Waals surface area contributed by atoms with E-state index in [1.807, 2.05) is 11.8 Å². The topological polar surface area (TPSA) is 53.5 Å². The van der Waals surface area contributed by atoms with Gasteiger partial charge in [0.15, 0.2) is 5.78 Å². The molecule has 0 spiro atoms. The molecule has 0 atom stereocenters. The average Bonchev–Trinajstić information content (AvgIpc) is 3.37. The lowest BCUT2D eigenvalue weighted by Crippen LogP contribution is -2.47. The lowest BCUT2D eigenvalue weighted by molar-refractivity contribution is 0.0661. The summed E-state index contributed by atoms with van der Waals surface area (Å²) in [5.74, 6) is 0.616. The van der Waals surface area contributed by atoms with Crippen molar-refractivity contribution >= 4 is 11.7 Å². The number of carbonyl (C=O) groups excluding carboxylic acids is 2. The third kappa shape index (κ3) is 3.07. The smallest absolute Gasteiger partial charge is 0.256 e. The van der Waals surface area contributed by atoms with Crippen molar-refractivity contribution in [2.75, 3.05) is 33.2 Å². The van der Waals surface area contributed by atoms with Gasteiger partial charge in [-0.15, -0.1) is 0 Å². The number of amides is 1. The monoisotopic (exact) mass is 355 g/mol. The number of ketones is 1. The number of hydrogen-bond acceptors (Lipinski definition) is 4. The van der Waals surface area contributed by atoms with Crippen LogP contribution >= 0.6 is 0 Å². The maximum atomic E-state index is 13.4. The number of aryl methyl sites for hydroxylation is 1. The first-order chi connectivity index (χ1) is 12.3. The fourth-order valence-corrected chi connectivity index (χ4v) is 4.49. The summed E-state index contributed by atoms with van der Waals surface area (Å²) in [6.45, 7) is 9.50. The van der Waals surface area contributed by atoms with Gasteiger partial charge in [0.1, 0.15) is 0 Å². The van der Waals surface area contributed by atoms with Crippen molar-refractivity contribution in [2.24, 2.45) is 5.41 Å². The summed E-state index contributed by atoms with van der Waals surface area (Å²) in [7, 11) is 2.09. The molecule has 4 rings (SSSR count). The third-order valence-electron chi connectivity index (χ3n) is 6.05. The second-order valence-electron chi connectivity index (χ2n) is 9.12.